The van der Waals surface area contributed by atoms with Crippen LogP contribution in [0.1, 0.15) is 133 Å². The van der Waals surface area contributed by atoms with E-state index in [0.717, 1.165) is 22.3 Å². The number of rotatable bonds is 11. The number of ether oxygens (including phenoxy) is 5. The number of hydrogen-bond acceptors (Lipinski definition) is 14. The topological polar surface area (TPSA) is 238 Å². The molecule has 1 aliphatic heterocycles. The van der Waals surface area contributed by atoms with E-state index in [-0.39, 0.29) is 18.7 Å². The van der Waals surface area contributed by atoms with E-state index in [1.54, 1.807) is 62.3 Å². The maximum absolute atomic E-state index is 13.3. The number of phenolic OH excluding ortho intramolecular Hbond substituents is 1. The van der Waals surface area contributed by atoms with Gasteiger partial charge in [-0.2, -0.15) is 0 Å². The maximum Gasteiger partial charge on any atom is 0.408 e. The summed E-state index contributed by atoms with van der Waals surface area (Å²) in [5, 5.41) is 66.4. The zero-order valence-corrected chi connectivity index (χ0v) is 41.6. The van der Waals surface area contributed by atoms with Gasteiger partial charge in [0.15, 0.2) is 6.29 Å². The van der Waals surface area contributed by atoms with Crippen LogP contribution in [-0.2, 0) is 47.6 Å². The molecule has 1 aliphatic carbocycles. The van der Waals surface area contributed by atoms with E-state index in [1.807, 2.05) is 88.9 Å². The number of nitrogens with one attached hydrogen (secondary N) is 3. The molecule has 2 aromatic rings. The van der Waals surface area contributed by atoms with Gasteiger partial charge in [0, 0.05) is 19.6 Å². The second-order valence-corrected chi connectivity index (χ2v) is 22.7. The van der Waals surface area contributed by atoms with Gasteiger partial charge in [-0.05, 0) is 102 Å². The van der Waals surface area contributed by atoms with Crippen LogP contribution < -0.4 is 16.0 Å². The maximum atomic E-state index is 13.3. The molecule has 0 bridgehead atoms. The van der Waals surface area contributed by atoms with Crippen LogP contribution in [0.15, 0.2) is 42.5 Å². The first-order chi connectivity index (χ1) is 30.1. The summed E-state index contributed by atoms with van der Waals surface area (Å²) < 4.78 is 29.5. The number of aliphatic hydroxyl groups is 4. The van der Waals surface area contributed by atoms with Crippen LogP contribution in [0.5, 0.6) is 5.75 Å². The van der Waals surface area contributed by atoms with Crippen molar-refractivity contribution in [3.8, 4) is 5.75 Å². The van der Waals surface area contributed by atoms with Gasteiger partial charge in [0.2, 0.25) is 0 Å². The highest BCUT2D eigenvalue weighted by molar-refractivity contribution is 5.69. The van der Waals surface area contributed by atoms with Crippen molar-refractivity contribution in [2.75, 3.05) is 6.54 Å². The molecule has 17 heteroatoms. The summed E-state index contributed by atoms with van der Waals surface area (Å²) in [6, 6.07) is 9.75. The fraction of sp³-hybridized carbons (Fsp3) is 0.694. The highest BCUT2D eigenvalue weighted by Crippen LogP contribution is 2.40. The highest BCUT2D eigenvalue weighted by atomic mass is 16.7. The zero-order chi connectivity index (χ0) is 49.9. The number of phenols is 1. The van der Waals surface area contributed by atoms with E-state index in [0.29, 0.717) is 13.1 Å². The Balaban J connectivity index is 1.77. The van der Waals surface area contributed by atoms with Gasteiger partial charge in [0.1, 0.15) is 65.2 Å². The van der Waals surface area contributed by atoms with Crippen LogP contribution in [0.25, 0.3) is 0 Å². The van der Waals surface area contributed by atoms with Crippen molar-refractivity contribution in [1.29, 1.82) is 0 Å². The summed E-state index contributed by atoms with van der Waals surface area (Å²) in [5.74, 6) is 0.229. The molecule has 1 heterocycles. The Hall–Kier alpha value is -4.23. The molecule has 372 valence electrons. The molecule has 8 N–H and O–H groups in total. The molecule has 17 nitrogen and oxygen atoms in total. The molecular formula is C49H78N4O13. The quantitative estimate of drug-likeness (QED) is 0.128. The third-order valence-electron chi connectivity index (χ3n) is 11.0. The summed E-state index contributed by atoms with van der Waals surface area (Å²) in [6.45, 7) is 27.8. The molecule has 2 aromatic carbocycles. The average molecular weight is 931 g/mol. The standard InChI is InChI=1S/C49H78N4O13/c1-45(2,3)29-21-28(22-30(35(29)54)46(4,5)6)25-53(24-27-19-17-16-18-20-27)26-33-37(56)38(57)34(52-44(61)66-49(13,14)15)41(62-33)63-40-32(51-43(60)65-48(10,11)12)23-31(36(55)39(40)58)50-42(59)64-47(7,8)9/h16-22,31-34,36-41,54-58H,23-26H2,1-15H3,(H,50,59)(H,51,60)(H,52,61)/t31-,32+,33-,34-,36+,37-,38-,39-,40-,41-/m1/s1. The van der Waals surface area contributed by atoms with E-state index in [1.165, 1.54) is 0 Å². The van der Waals surface area contributed by atoms with Crippen LogP contribution in [0, 0.1) is 0 Å². The van der Waals surface area contributed by atoms with Crippen molar-refractivity contribution in [3.63, 3.8) is 0 Å². The SMILES string of the molecule is CC(C)(C)OC(=O)N[C@H]1[C@@H](O[C@H]2[C@H](O)[C@@H](O)[C@H](NC(=O)OC(C)(C)C)C[C@@H]2NC(=O)OC(C)(C)C)O[C@H](CN(Cc2ccccc2)Cc2cc(C(C)(C)C)c(O)c(C(C)(C)C)c2)[C@@H](O)[C@@H]1O. The smallest absolute Gasteiger partial charge is 0.408 e. The van der Waals surface area contributed by atoms with Gasteiger partial charge in [-0.1, -0.05) is 84.0 Å². The van der Waals surface area contributed by atoms with Crippen LogP contribution in [0.2, 0.25) is 0 Å². The molecule has 10 atom stereocenters. The van der Waals surface area contributed by atoms with Gasteiger partial charge in [-0.25, -0.2) is 14.4 Å². The number of hydrogen-bond donors (Lipinski definition) is 8. The zero-order valence-electron chi connectivity index (χ0n) is 41.6. The molecular weight excluding hydrogens is 853 g/mol. The molecule has 0 spiro atoms. The van der Waals surface area contributed by atoms with Crippen molar-refractivity contribution < 1.29 is 63.6 Å². The van der Waals surface area contributed by atoms with Crippen LogP contribution in [-0.4, -0.2) is 133 Å². The largest absolute Gasteiger partial charge is 0.507 e. The number of aliphatic hydroxyl groups excluding tert-OH is 4. The molecule has 0 unspecified atom stereocenters. The summed E-state index contributed by atoms with van der Waals surface area (Å²) in [4.78, 5) is 41.6. The van der Waals surface area contributed by atoms with Crippen molar-refractivity contribution in [2.24, 2.45) is 0 Å². The average Bonchev–Trinajstić information content (AvgIpc) is 3.13. The Morgan fingerprint density at radius 1 is 0.621 bits per heavy atom. The first-order valence-electron chi connectivity index (χ1n) is 22.8. The Kier molecular flexibility index (Phi) is 17.3. The molecule has 0 radical (unpaired) electrons. The minimum Gasteiger partial charge on any atom is -0.507 e. The van der Waals surface area contributed by atoms with Gasteiger partial charge >= 0.3 is 18.3 Å². The molecule has 66 heavy (non-hydrogen) atoms. The summed E-state index contributed by atoms with van der Waals surface area (Å²) in [7, 11) is 0. The number of amides is 3. The van der Waals surface area contributed by atoms with Gasteiger partial charge in [0.05, 0.1) is 12.1 Å². The van der Waals surface area contributed by atoms with E-state index in [9.17, 15) is 39.9 Å². The van der Waals surface area contributed by atoms with Crippen molar-refractivity contribution in [1.82, 2.24) is 20.9 Å². The number of carbonyl (C=O) groups is 3. The number of benzene rings is 2. The minimum absolute atomic E-state index is 0.0000319. The lowest BCUT2D eigenvalue weighted by molar-refractivity contribution is -0.296. The first kappa shape index (κ1) is 54.4. The van der Waals surface area contributed by atoms with Crippen LogP contribution in [0.3, 0.4) is 0 Å². The van der Waals surface area contributed by atoms with Crippen molar-refractivity contribution in [2.45, 2.75) is 212 Å². The van der Waals surface area contributed by atoms with E-state index in [4.69, 9.17) is 23.7 Å². The first-order valence-corrected chi connectivity index (χ1v) is 22.8. The predicted octanol–water partition coefficient (Wildman–Crippen LogP) is 5.63. The van der Waals surface area contributed by atoms with E-state index < -0.39 is 107 Å². The highest BCUT2D eigenvalue weighted by Gasteiger charge is 2.52. The molecule has 2 fully saturated rings. The van der Waals surface area contributed by atoms with Gasteiger partial charge < -0.3 is 65.2 Å². The second kappa shape index (κ2) is 21.0. The van der Waals surface area contributed by atoms with E-state index >= 15 is 0 Å². The number of alkyl carbamates (subject to hydrolysis) is 3. The normalized spacial score (nSPS) is 26.6. The summed E-state index contributed by atoms with van der Waals surface area (Å²) in [6.07, 6.45) is -14.1. The minimum atomic E-state index is -1.81. The Morgan fingerprint density at radius 2 is 1.08 bits per heavy atom. The molecule has 0 aromatic heterocycles. The number of nitrogens with zero attached hydrogens (tertiary/aromatic N) is 1. The van der Waals surface area contributed by atoms with E-state index in [2.05, 4.69) is 16.0 Å². The van der Waals surface area contributed by atoms with Crippen molar-refractivity contribution in [3.05, 3.63) is 64.7 Å². The third-order valence-corrected chi connectivity index (χ3v) is 11.0. The van der Waals surface area contributed by atoms with Crippen LogP contribution in [0.4, 0.5) is 14.4 Å². The van der Waals surface area contributed by atoms with Gasteiger partial charge in [-0.15, -0.1) is 0 Å². The van der Waals surface area contributed by atoms with Gasteiger partial charge in [-0.3, -0.25) is 4.90 Å². The molecule has 1 saturated heterocycles. The molecule has 4 rings (SSSR count). The predicted molar refractivity (Wildman–Crippen MR) is 248 cm³/mol. The third kappa shape index (κ3) is 15.7. The lowest BCUT2D eigenvalue weighted by Crippen LogP contribution is -2.70. The fourth-order valence-corrected chi connectivity index (χ4v) is 8.01. The Morgan fingerprint density at radius 3 is 1.55 bits per heavy atom. The fourth-order valence-electron chi connectivity index (χ4n) is 8.01. The van der Waals surface area contributed by atoms with Crippen LogP contribution >= 0.6 is 0 Å². The second-order valence-electron chi connectivity index (χ2n) is 22.7. The lowest BCUT2D eigenvalue weighted by Gasteiger charge is -2.48. The Labute approximate surface area is 390 Å². The van der Waals surface area contributed by atoms with Crippen molar-refractivity contribution >= 4 is 18.3 Å². The monoisotopic (exact) mass is 931 g/mol. The molecule has 2 aliphatic rings. The lowest BCUT2D eigenvalue weighted by atomic mass is 9.78. The Bertz CT molecular complexity index is 1910. The molecule has 3 amide bonds. The number of aromatic hydroxyl groups is 1. The molecule has 1 saturated carbocycles. The number of carbonyl (C=O) groups excluding carboxylic acids is 3. The summed E-state index contributed by atoms with van der Waals surface area (Å²) in [5.41, 5.74) is -0.232. The summed E-state index contributed by atoms with van der Waals surface area (Å²) >= 11 is 0. The van der Waals surface area contributed by atoms with Gasteiger partial charge in [0.25, 0.3) is 0 Å².